The van der Waals surface area contributed by atoms with Crippen molar-refractivity contribution >= 4 is 11.9 Å². The van der Waals surface area contributed by atoms with Crippen molar-refractivity contribution in [2.45, 2.75) is 18.0 Å². The number of alkyl halides is 3. The summed E-state index contributed by atoms with van der Waals surface area (Å²) < 4.78 is 37.0. The Morgan fingerprint density at radius 3 is 2.45 bits per heavy atom. The highest BCUT2D eigenvalue weighted by molar-refractivity contribution is 5.92. The Balaban J connectivity index is 0.000000383. The number of nitrogens with zero attached hydrogens (tertiary/aromatic N) is 2. The number of carbonyl (C=O) groups is 2. The van der Waals surface area contributed by atoms with E-state index in [1.165, 1.54) is 5.56 Å². The number of nitrogens with one attached hydrogen (secondary N) is 1. The number of aromatic nitrogens is 1. The van der Waals surface area contributed by atoms with Gasteiger partial charge >= 0.3 is 12.1 Å². The number of H-pyrrole nitrogens is 1. The van der Waals surface area contributed by atoms with Crippen LogP contribution in [0.15, 0.2) is 48.7 Å². The minimum absolute atomic E-state index is 0.118. The van der Waals surface area contributed by atoms with Gasteiger partial charge in [0.1, 0.15) is 5.69 Å². The molecule has 2 aromatic rings. The number of benzene rings is 1. The highest BCUT2D eigenvalue weighted by Gasteiger charge is 2.50. The van der Waals surface area contributed by atoms with Gasteiger partial charge in [0.25, 0.3) is 5.91 Å². The van der Waals surface area contributed by atoms with Gasteiger partial charge in [-0.25, -0.2) is 4.79 Å². The molecule has 2 atom stereocenters. The Morgan fingerprint density at radius 1 is 1.18 bits per heavy atom. The summed E-state index contributed by atoms with van der Waals surface area (Å²) in [5.41, 5.74) is 2.24. The third kappa shape index (κ3) is 5.75. The average molecular weight is 467 g/mol. The number of carboxylic acids is 1. The SMILES string of the molecule is COCCN1CC2CN(C(=O)c3ccc[nH]3)CCC2(c2ccccc2)C1.O=C(O)C(F)(F)F. The minimum atomic E-state index is -5.08. The number of carboxylic acid groups (broad SMARTS) is 1. The second-order valence-electron chi connectivity index (χ2n) is 8.33. The largest absolute Gasteiger partial charge is 0.490 e. The fourth-order valence-electron chi connectivity index (χ4n) is 4.74. The van der Waals surface area contributed by atoms with Gasteiger partial charge in [-0.1, -0.05) is 30.3 Å². The maximum absolute atomic E-state index is 12.8. The Kier molecular flexibility index (Phi) is 7.80. The molecule has 0 radical (unpaired) electrons. The summed E-state index contributed by atoms with van der Waals surface area (Å²) in [7, 11) is 1.76. The second kappa shape index (κ2) is 10.4. The van der Waals surface area contributed by atoms with E-state index in [1.807, 2.05) is 23.2 Å². The molecule has 2 aliphatic rings. The van der Waals surface area contributed by atoms with Crippen molar-refractivity contribution in [1.82, 2.24) is 14.8 Å². The molecule has 1 amide bonds. The summed E-state index contributed by atoms with van der Waals surface area (Å²) >= 11 is 0. The van der Waals surface area contributed by atoms with Crippen LogP contribution in [0, 0.1) is 5.92 Å². The minimum Gasteiger partial charge on any atom is -0.475 e. The van der Waals surface area contributed by atoms with Gasteiger partial charge in [0.05, 0.1) is 6.61 Å². The predicted octanol–water partition coefficient (Wildman–Crippen LogP) is 3.01. The molecule has 180 valence electrons. The average Bonchev–Trinajstić information content (AvgIpc) is 3.45. The molecule has 0 bridgehead atoms. The third-order valence-electron chi connectivity index (χ3n) is 6.35. The van der Waals surface area contributed by atoms with Crippen LogP contribution < -0.4 is 0 Å². The fourth-order valence-corrected chi connectivity index (χ4v) is 4.74. The number of rotatable bonds is 5. The van der Waals surface area contributed by atoms with E-state index in [0.717, 1.165) is 45.8 Å². The van der Waals surface area contributed by atoms with Crippen LogP contribution in [-0.4, -0.2) is 84.4 Å². The van der Waals surface area contributed by atoms with Crippen LogP contribution in [0.1, 0.15) is 22.5 Å². The number of fused-ring (bicyclic) bond motifs is 1. The molecular formula is C23H28F3N3O4. The van der Waals surface area contributed by atoms with Gasteiger partial charge in [-0.15, -0.1) is 0 Å². The summed E-state index contributed by atoms with van der Waals surface area (Å²) in [6.45, 7) is 5.40. The highest BCUT2D eigenvalue weighted by Crippen LogP contribution is 2.45. The number of aromatic amines is 1. The van der Waals surface area contributed by atoms with E-state index < -0.39 is 12.1 Å². The first-order valence-corrected chi connectivity index (χ1v) is 10.7. The maximum atomic E-state index is 12.8. The number of methoxy groups -OCH3 is 1. The molecule has 10 heteroatoms. The van der Waals surface area contributed by atoms with Crippen LogP contribution in [0.3, 0.4) is 0 Å². The molecule has 0 saturated carbocycles. The third-order valence-corrected chi connectivity index (χ3v) is 6.35. The number of carbonyl (C=O) groups excluding carboxylic acids is 1. The molecule has 2 N–H and O–H groups in total. The van der Waals surface area contributed by atoms with Gasteiger partial charge in [-0.05, 0) is 24.1 Å². The van der Waals surface area contributed by atoms with Crippen LogP contribution >= 0.6 is 0 Å². The number of aliphatic carboxylic acids is 1. The second-order valence-corrected chi connectivity index (χ2v) is 8.33. The summed E-state index contributed by atoms with van der Waals surface area (Å²) in [5.74, 6) is -2.19. The molecule has 4 rings (SSSR count). The Bertz CT molecular complexity index is 921. The van der Waals surface area contributed by atoms with Crippen LogP contribution in [0.25, 0.3) is 0 Å². The fraction of sp³-hybridized carbons (Fsp3) is 0.478. The van der Waals surface area contributed by atoms with Crippen molar-refractivity contribution in [3.8, 4) is 0 Å². The molecule has 2 unspecified atom stereocenters. The summed E-state index contributed by atoms with van der Waals surface area (Å²) in [6.07, 6.45) is -2.26. The van der Waals surface area contributed by atoms with E-state index in [4.69, 9.17) is 14.6 Å². The lowest BCUT2D eigenvalue weighted by Crippen LogP contribution is -2.51. The van der Waals surface area contributed by atoms with Crippen molar-refractivity contribution < 1.29 is 32.6 Å². The number of hydrogen-bond donors (Lipinski definition) is 2. The van der Waals surface area contributed by atoms with Crippen molar-refractivity contribution in [2.24, 2.45) is 5.92 Å². The molecule has 0 spiro atoms. The van der Waals surface area contributed by atoms with Crippen LogP contribution in [-0.2, 0) is 14.9 Å². The molecule has 2 fully saturated rings. The lowest BCUT2D eigenvalue weighted by atomic mass is 9.68. The van der Waals surface area contributed by atoms with Crippen molar-refractivity contribution in [3.63, 3.8) is 0 Å². The quantitative estimate of drug-likeness (QED) is 0.706. The summed E-state index contributed by atoms with van der Waals surface area (Å²) in [5, 5.41) is 7.12. The van der Waals surface area contributed by atoms with E-state index in [9.17, 15) is 18.0 Å². The van der Waals surface area contributed by atoms with Crippen molar-refractivity contribution in [1.29, 1.82) is 0 Å². The van der Waals surface area contributed by atoms with Crippen LogP contribution in [0.4, 0.5) is 13.2 Å². The monoisotopic (exact) mass is 467 g/mol. The number of amides is 1. The zero-order valence-electron chi connectivity index (χ0n) is 18.3. The van der Waals surface area contributed by atoms with Gasteiger partial charge in [-0.2, -0.15) is 13.2 Å². The van der Waals surface area contributed by atoms with Gasteiger partial charge in [0.2, 0.25) is 0 Å². The molecule has 1 aromatic heterocycles. The number of halogens is 3. The van der Waals surface area contributed by atoms with Crippen molar-refractivity contribution in [3.05, 3.63) is 59.9 Å². The first-order valence-electron chi connectivity index (χ1n) is 10.7. The molecule has 33 heavy (non-hydrogen) atoms. The molecule has 2 saturated heterocycles. The molecule has 3 heterocycles. The number of ether oxygens (including phenoxy) is 1. The highest BCUT2D eigenvalue weighted by atomic mass is 19.4. The predicted molar refractivity (Wildman–Crippen MR) is 115 cm³/mol. The molecule has 0 aliphatic carbocycles. The van der Waals surface area contributed by atoms with E-state index >= 15 is 0 Å². The van der Waals surface area contributed by atoms with E-state index in [2.05, 4.69) is 40.2 Å². The first kappa shape index (κ1) is 24.8. The smallest absolute Gasteiger partial charge is 0.475 e. The lowest BCUT2D eigenvalue weighted by molar-refractivity contribution is -0.192. The van der Waals surface area contributed by atoms with Gasteiger partial charge in [0.15, 0.2) is 0 Å². The Morgan fingerprint density at radius 2 is 1.88 bits per heavy atom. The van der Waals surface area contributed by atoms with Crippen molar-refractivity contribution in [2.75, 3.05) is 46.4 Å². The number of piperidine rings is 1. The van der Waals surface area contributed by atoms with Crippen LogP contribution in [0.2, 0.25) is 0 Å². The molecule has 2 aliphatic heterocycles. The first-order chi connectivity index (χ1) is 15.7. The van der Waals surface area contributed by atoms with Gasteiger partial charge < -0.3 is 19.7 Å². The Labute approximate surface area is 190 Å². The maximum Gasteiger partial charge on any atom is 0.490 e. The van der Waals surface area contributed by atoms with Gasteiger partial charge in [0, 0.05) is 57.4 Å². The molecule has 1 aromatic carbocycles. The summed E-state index contributed by atoms with van der Waals surface area (Å²) in [4.78, 5) is 29.3. The number of hydrogen-bond acceptors (Lipinski definition) is 4. The van der Waals surface area contributed by atoms with Crippen LogP contribution in [0.5, 0.6) is 0 Å². The van der Waals surface area contributed by atoms with E-state index in [0.29, 0.717) is 11.6 Å². The molecule has 7 nitrogen and oxygen atoms in total. The summed E-state index contributed by atoms with van der Waals surface area (Å²) in [6, 6.07) is 14.6. The standard InChI is InChI=1S/C21H27N3O2.C2HF3O2/c1-26-13-12-23-14-18-15-24(20(25)19-8-5-10-22-19)11-9-21(18,16-23)17-6-3-2-4-7-17;3-2(4,5)1(6)7/h2-8,10,18,22H,9,11-16H2,1H3;(H,6,7). The topological polar surface area (TPSA) is 85.9 Å². The van der Waals surface area contributed by atoms with E-state index in [1.54, 1.807) is 7.11 Å². The normalized spacial score (nSPS) is 22.9. The zero-order chi connectivity index (χ0) is 24.1. The number of likely N-dealkylation sites (tertiary alicyclic amines) is 2. The Hall–Kier alpha value is -2.85. The zero-order valence-corrected chi connectivity index (χ0v) is 18.3. The van der Waals surface area contributed by atoms with Gasteiger partial charge in [-0.3, -0.25) is 9.69 Å². The molecular weight excluding hydrogens is 439 g/mol. The lowest BCUT2D eigenvalue weighted by Gasteiger charge is -2.44. The van der Waals surface area contributed by atoms with E-state index in [-0.39, 0.29) is 11.3 Å².